The van der Waals surface area contributed by atoms with Crippen molar-refractivity contribution in [3.8, 4) is 11.5 Å². The predicted molar refractivity (Wildman–Crippen MR) is 71.4 cm³/mol. The smallest absolute Gasteiger partial charge is 0.253 e. The fraction of sp³-hybridized carbons (Fsp3) is 0.364. The fourth-order valence-corrected chi connectivity index (χ4v) is 2.05. The summed E-state index contributed by atoms with van der Waals surface area (Å²) >= 11 is 0. The van der Waals surface area contributed by atoms with Crippen LogP contribution in [0.15, 0.2) is 12.1 Å². The summed E-state index contributed by atoms with van der Waals surface area (Å²) in [5.41, 5.74) is 0.269. The van der Waals surface area contributed by atoms with E-state index in [4.69, 9.17) is 9.47 Å². The molecule has 2 N–H and O–H groups in total. The number of anilines is 1. The Bertz CT molecular complexity index is 583. The highest BCUT2D eigenvalue weighted by Gasteiger charge is 2.18. The third kappa shape index (κ3) is 3.75. The second-order valence-electron chi connectivity index (χ2n) is 3.71. The van der Waals surface area contributed by atoms with E-state index < -0.39 is 15.9 Å². The largest absolute Gasteiger partial charge is 0.493 e. The number of hydrogen-bond donors (Lipinski definition) is 2. The van der Waals surface area contributed by atoms with E-state index in [0.717, 1.165) is 6.26 Å². The zero-order chi connectivity index (χ0) is 14.6. The number of rotatable bonds is 5. The molecule has 8 heteroatoms. The molecule has 1 amide bonds. The van der Waals surface area contributed by atoms with Gasteiger partial charge < -0.3 is 14.8 Å². The maximum absolute atomic E-state index is 11.7. The maximum atomic E-state index is 11.7. The van der Waals surface area contributed by atoms with Gasteiger partial charge >= 0.3 is 0 Å². The van der Waals surface area contributed by atoms with Gasteiger partial charge in [0, 0.05) is 13.1 Å². The summed E-state index contributed by atoms with van der Waals surface area (Å²) in [4.78, 5) is 11.7. The lowest BCUT2D eigenvalue weighted by atomic mass is 10.1. The van der Waals surface area contributed by atoms with Crippen molar-refractivity contribution in [2.45, 2.75) is 0 Å². The van der Waals surface area contributed by atoms with Crippen molar-refractivity contribution in [1.82, 2.24) is 5.32 Å². The van der Waals surface area contributed by atoms with Crippen molar-refractivity contribution in [3.63, 3.8) is 0 Å². The van der Waals surface area contributed by atoms with Crippen LogP contribution < -0.4 is 19.5 Å². The first-order valence-corrected chi connectivity index (χ1v) is 7.17. The zero-order valence-corrected chi connectivity index (χ0v) is 11.9. The van der Waals surface area contributed by atoms with Crippen molar-refractivity contribution in [2.75, 3.05) is 32.2 Å². The topological polar surface area (TPSA) is 93.7 Å². The minimum Gasteiger partial charge on any atom is -0.493 e. The number of benzene rings is 1. The molecule has 0 spiro atoms. The van der Waals surface area contributed by atoms with Gasteiger partial charge in [0.1, 0.15) is 0 Å². The molecule has 0 saturated heterocycles. The van der Waals surface area contributed by atoms with Crippen LogP contribution in [-0.4, -0.2) is 41.8 Å². The van der Waals surface area contributed by atoms with Crippen LogP contribution in [0.3, 0.4) is 0 Å². The highest BCUT2D eigenvalue weighted by molar-refractivity contribution is 7.92. The quantitative estimate of drug-likeness (QED) is 0.819. The Morgan fingerprint density at radius 2 is 1.68 bits per heavy atom. The summed E-state index contributed by atoms with van der Waals surface area (Å²) in [6.07, 6.45) is 0.997. The Labute approximate surface area is 112 Å². The van der Waals surface area contributed by atoms with E-state index in [0.29, 0.717) is 11.5 Å². The van der Waals surface area contributed by atoms with E-state index in [1.807, 2.05) is 0 Å². The molecule has 7 nitrogen and oxygen atoms in total. The minimum atomic E-state index is -3.51. The number of nitrogens with one attached hydrogen (secondary N) is 2. The van der Waals surface area contributed by atoms with Gasteiger partial charge in [0.2, 0.25) is 10.0 Å². The van der Waals surface area contributed by atoms with Crippen molar-refractivity contribution in [2.24, 2.45) is 0 Å². The molecule has 0 unspecified atom stereocenters. The molecular weight excluding hydrogens is 272 g/mol. The summed E-state index contributed by atoms with van der Waals surface area (Å²) in [7, 11) is 0.779. The molecule has 0 aliphatic heterocycles. The molecule has 0 bridgehead atoms. The lowest BCUT2D eigenvalue weighted by Crippen LogP contribution is -2.21. The van der Waals surface area contributed by atoms with Crippen LogP contribution in [0.1, 0.15) is 10.4 Å². The third-order valence-corrected chi connectivity index (χ3v) is 2.88. The van der Waals surface area contributed by atoms with Gasteiger partial charge in [0.25, 0.3) is 5.91 Å². The Balaban J connectivity index is 3.44. The minimum absolute atomic E-state index is 0.125. The molecule has 106 valence electrons. The summed E-state index contributed by atoms with van der Waals surface area (Å²) in [6, 6.07) is 2.80. The standard InChI is InChI=1S/C11H16N2O5S/c1-12-11(14)7-5-9(17-2)10(18-3)6-8(7)13-19(4,15)16/h5-6,13H,1-4H3,(H,12,14). The third-order valence-electron chi connectivity index (χ3n) is 2.29. The van der Waals surface area contributed by atoms with E-state index >= 15 is 0 Å². The van der Waals surface area contributed by atoms with Gasteiger partial charge in [-0.25, -0.2) is 8.42 Å². The Morgan fingerprint density at radius 3 is 2.11 bits per heavy atom. The molecule has 0 aromatic heterocycles. The van der Waals surface area contributed by atoms with Crippen LogP contribution in [0, 0.1) is 0 Å². The molecule has 0 saturated carbocycles. The van der Waals surface area contributed by atoms with Crippen molar-refractivity contribution in [3.05, 3.63) is 17.7 Å². The predicted octanol–water partition coefficient (Wildman–Crippen LogP) is 0.435. The monoisotopic (exact) mass is 288 g/mol. The van der Waals surface area contributed by atoms with Crippen LogP contribution in [-0.2, 0) is 10.0 Å². The van der Waals surface area contributed by atoms with Crippen molar-refractivity contribution in [1.29, 1.82) is 0 Å². The van der Waals surface area contributed by atoms with Crippen molar-refractivity contribution >= 4 is 21.6 Å². The second kappa shape index (κ2) is 5.79. The molecule has 1 aromatic rings. The van der Waals surface area contributed by atoms with E-state index in [1.165, 1.54) is 33.4 Å². The van der Waals surface area contributed by atoms with Gasteiger partial charge in [0.05, 0.1) is 31.7 Å². The molecule has 0 atom stereocenters. The molecule has 0 aliphatic rings. The molecule has 1 rings (SSSR count). The highest BCUT2D eigenvalue weighted by atomic mass is 32.2. The van der Waals surface area contributed by atoms with E-state index in [2.05, 4.69) is 10.0 Å². The normalized spacial score (nSPS) is 10.7. The highest BCUT2D eigenvalue weighted by Crippen LogP contribution is 2.33. The lowest BCUT2D eigenvalue weighted by molar-refractivity contribution is 0.0963. The summed E-state index contributed by atoms with van der Waals surface area (Å²) in [6.45, 7) is 0. The van der Waals surface area contributed by atoms with Crippen molar-refractivity contribution < 1.29 is 22.7 Å². The first-order chi connectivity index (χ1) is 8.82. The van der Waals surface area contributed by atoms with Gasteiger partial charge in [0.15, 0.2) is 11.5 Å². The van der Waals surface area contributed by atoms with Crippen LogP contribution in [0.2, 0.25) is 0 Å². The molecule has 0 heterocycles. The average Bonchev–Trinajstić information content (AvgIpc) is 2.35. The first-order valence-electron chi connectivity index (χ1n) is 5.28. The SMILES string of the molecule is CNC(=O)c1cc(OC)c(OC)cc1NS(C)(=O)=O. The van der Waals surface area contributed by atoms with Crippen LogP contribution in [0.25, 0.3) is 0 Å². The number of methoxy groups -OCH3 is 2. The Kier molecular flexibility index (Phi) is 4.60. The molecule has 0 fully saturated rings. The Hall–Kier alpha value is -1.96. The number of carbonyl (C=O) groups excluding carboxylic acids is 1. The Morgan fingerprint density at radius 1 is 1.16 bits per heavy atom. The molecule has 19 heavy (non-hydrogen) atoms. The molecular formula is C11H16N2O5S. The van der Waals surface area contributed by atoms with Gasteiger partial charge in [-0.15, -0.1) is 0 Å². The summed E-state index contributed by atoms with van der Waals surface area (Å²) < 4.78 is 35.0. The number of amides is 1. The number of hydrogen-bond acceptors (Lipinski definition) is 5. The fourth-order valence-electron chi connectivity index (χ4n) is 1.49. The number of carbonyl (C=O) groups is 1. The molecule has 0 aliphatic carbocycles. The average molecular weight is 288 g/mol. The number of sulfonamides is 1. The van der Waals surface area contributed by atoms with Gasteiger partial charge in [-0.3, -0.25) is 9.52 Å². The van der Waals surface area contributed by atoms with Crippen LogP contribution in [0.4, 0.5) is 5.69 Å². The second-order valence-corrected chi connectivity index (χ2v) is 5.45. The van der Waals surface area contributed by atoms with E-state index in [1.54, 1.807) is 0 Å². The first kappa shape index (κ1) is 15.1. The number of ether oxygens (including phenoxy) is 2. The van der Waals surface area contributed by atoms with Crippen LogP contribution in [0.5, 0.6) is 11.5 Å². The van der Waals surface area contributed by atoms with E-state index in [9.17, 15) is 13.2 Å². The zero-order valence-electron chi connectivity index (χ0n) is 11.1. The van der Waals surface area contributed by atoms with Gasteiger partial charge in [-0.2, -0.15) is 0 Å². The molecule has 0 radical (unpaired) electrons. The maximum Gasteiger partial charge on any atom is 0.253 e. The van der Waals surface area contributed by atoms with E-state index in [-0.39, 0.29) is 11.3 Å². The summed E-state index contributed by atoms with van der Waals surface area (Å²) in [5, 5.41) is 2.43. The molecule has 1 aromatic carbocycles. The lowest BCUT2D eigenvalue weighted by Gasteiger charge is -2.14. The van der Waals surface area contributed by atoms with Crippen LogP contribution >= 0.6 is 0 Å². The summed E-state index contributed by atoms with van der Waals surface area (Å²) in [5.74, 6) is 0.216. The van der Waals surface area contributed by atoms with Gasteiger partial charge in [-0.1, -0.05) is 0 Å². The van der Waals surface area contributed by atoms with Gasteiger partial charge in [-0.05, 0) is 6.07 Å².